The molecule has 1 aliphatic heterocycles. The van der Waals surface area contributed by atoms with Crippen molar-refractivity contribution in [1.29, 1.82) is 0 Å². The van der Waals surface area contributed by atoms with E-state index < -0.39 is 0 Å². The molecule has 0 aliphatic carbocycles. The summed E-state index contributed by atoms with van der Waals surface area (Å²) >= 11 is 0. The molecule has 1 saturated heterocycles. The third kappa shape index (κ3) is 3.71. The first-order valence-corrected chi connectivity index (χ1v) is 7.62. The molecule has 0 bridgehead atoms. The number of rotatable bonds is 4. The number of pyridine rings is 1. The van der Waals surface area contributed by atoms with Crippen LogP contribution in [0.4, 0.5) is 5.69 Å². The van der Waals surface area contributed by atoms with Crippen LogP contribution in [0.2, 0.25) is 0 Å². The first-order chi connectivity index (χ1) is 9.60. The number of carbonyl (C=O) groups excluding carboxylic acids is 1. The SMILES string of the molecule is CCC(C)NC(=O)c1cc(N2CCC(C)CC2)ccn1. The number of piperidine rings is 1. The predicted octanol–water partition coefficient (Wildman–Crippen LogP) is 2.85. The number of carbonyl (C=O) groups is 1. The second-order valence-electron chi connectivity index (χ2n) is 5.85. The molecule has 2 rings (SSSR count). The molecule has 1 fully saturated rings. The summed E-state index contributed by atoms with van der Waals surface area (Å²) in [7, 11) is 0. The Hall–Kier alpha value is -1.58. The molecule has 1 atom stereocenters. The Kier molecular flexibility index (Phi) is 4.99. The van der Waals surface area contributed by atoms with Crippen LogP contribution in [0, 0.1) is 5.92 Å². The van der Waals surface area contributed by atoms with Gasteiger partial charge in [-0.25, -0.2) is 0 Å². The maximum atomic E-state index is 12.1. The van der Waals surface area contributed by atoms with Gasteiger partial charge in [-0.05, 0) is 44.2 Å². The van der Waals surface area contributed by atoms with Gasteiger partial charge in [0.2, 0.25) is 0 Å². The first-order valence-electron chi connectivity index (χ1n) is 7.62. The largest absolute Gasteiger partial charge is 0.371 e. The fraction of sp³-hybridized carbons (Fsp3) is 0.625. The molecule has 2 heterocycles. The van der Waals surface area contributed by atoms with Crippen molar-refractivity contribution in [3.8, 4) is 0 Å². The topological polar surface area (TPSA) is 45.2 Å². The van der Waals surface area contributed by atoms with Gasteiger partial charge in [-0.1, -0.05) is 13.8 Å². The normalized spacial score (nSPS) is 17.9. The second kappa shape index (κ2) is 6.73. The van der Waals surface area contributed by atoms with Crippen molar-refractivity contribution in [2.45, 2.75) is 46.1 Å². The highest BCUT2D eigenvalue weighted by Gasteiger charge is 2.17. The van der Waals surface area contributed by atoms with Crippen LogP contribution in [0.1, 0.15) is 50.5 Å². The molecular formula is C16H25N3O. The Bertz CT molecular complexity index is 453. The van der Waals surface area contributed by atoms with Gasteiger partial charge in [-0.3, -0.25) is 9.78 Å². The van der Waals surface area contributed by atoms with Crippen molar-refractivity contribution in [3.05, 3.63) is 24.0 Å². The molecule has 1 N–H and O–H groups in total. The van der Waals surface area contributed by atoms with Gasteiger partial charge in [-0.15, -0.1) is 0 Å². The minimum absolute atomic E-state index is 0.0772. The van der Waals surface area contributed by atoms with Gasteiger partial charge < -0.3 is 10.2 Å². The Balaban J connectivity index is 2.06. The van der Waals surface area contributed by atoms with E-state index in [4.69, 9.17) is 0 Å². The molecule has 1 unspecified atom stereocenters. The van der Waals surface area contributed by atoms with Crippen LogP contribution >= 0.6 is 0 Å². The van der Waals surface area contributed by atoms with Crippen LogP contribution in [0.3, 0.4) is 0 Å². The van der Waals surface area contributed by atoms with Crippen molar-refractivity contribution >= 4 is 11.6 Å². The van der Waals surface area contributed by atoms with E-state index in [1.165, 1.54) is 12.8 Å². The minimum atomic E-state index is -0.0772. The molecule has 1 amide bonds. The highest BCUT2D eigenvalue weighted by atomic mass is 16.1. The Morgan fingerprint density at radius 2 is 2.20 bits per heavy atom. The van der Waals surface area contributed by atoms with Crippen LogP contribution in [0.25, 0.3) is 0 Å². The molecule has 110 valence electrons. The van der Waals surface area contributed by atoms with Gasteiger partial charge in [-0.2, -0.15) is 0 Å². The molecule has 1 aromatic rings. The number of aromatic nitrogens is 1. The number of nitrogens with zero attached hydrogens (tertiary/aromatic N) is 2. The molecule has 20 heavy (non-hydrogen) atoms. The summed E-state index contributed by atoms with van der Waals surface area (Å²) in [4.78, 5) is 18.7. The van der Waals surface area contributed by atoms with Gasteiger partial charge in [0.05, 0.1) is 0 Å². The molecule has 4 heteroatoms. The number of amides is 1. The van der Waals surface area contributed by atoms with Gasteiger partial charge in [0, 0.05) is 31.0 Å². The molecule has 1 aromatic heterocycles. The first kappa shape index (κ1) is 14.8. The molecule has 0 saturated carbocycles. The summed E-state index contributed by atoms with van der Waals surface area (Å²) in [6.07, 6.45) is 5.10. The van der Waals surface area contributed by atoms with E-state index in [9.17, 15) is 4.79 Å². The zero-order valence-corrected chi connectivity index (χ0v) is 12.7. The Morgan fingerprint density at radius 1 is 1.50 bits per heavy atom. The standard InChI is InChI=1S/C16H25N3O/c1-4-13(3)18-16(20)15-11-14(5-8-17-15)19-9-6-12(2)7-10-19/h5,8,11-13H,4,6-7,9-10H2,1-3H3,(H,18,20). The lowest BCUT2D eigenvalue weighted by Gasteiger charge is -2.32. The maximum absolute atomic E-state index is 12.1. The van der Waals surface area contributed by atoms with Crippen LogP contribution in [0.5, 0.6) is 0 Å². The fourth-order valence-corrected chi connectivity index (χ4v) is 2.41. The highest BCUT2D eigenvalue weighted by Crippen LogP contribution is 2.22. The Labute approximate surface area is 121 Å². The number of nitrogens with one attached hydrogen (secondary N) is 1. The monoisotopic (exact) mass is 275 g/mol. The van der Waals surface area contributed by atoms with Crippen molar-refractivity contribution in [2.75, 3.05) is 18.0 Å². The van der Waals surface area contributed by atoms with E-state index in [1.54, 1.807) is 6.20 Å². The summed E-state index contributed by atoms with van der Waals surface area (Å²) in [5.41, 5.74) is 1.63. The van der Waals surface area contributed by atoms with E-state index in [-0.39, 0.29) is 11.9 Å². The van der Waals surface area contributed by atoms with Crippen molar-refractivity contribution in [3.63, 3.8) is 0 Å². The zero-order valence-electron chi connectivity index (χ0n) is 12.7. The molecule has 0 spiro atoms. The Morgan fingerprint density at radius 3 is 2.85 bits per heavy atom. The maximum Gasteiger partial charge on any atom is 0.270 e. The summed E-state index contributed by atoms with van der Waals surface area (Å²) in [6, 6.07) is 4.09. The van der Waals surface area contributed by atoms with Crippen LogP contribution < -0.4 is 10.2 Å². The average Bonchev–Trinajstić information content (AvgIpc) is 2.48. The third-order valence-electron chi connectivity index (χ3n) is 4.11. The van der Waals surface area contributed by atoms with E-state index >= 15 is 0 Å². The van der Waals surface area contributed by atoms with E-state index in [2.05, 4.69) is 29.0 Å². The number of hydrogen-bond acceptors (Lipinski definition) is 3. The molecule has 0 aromatic carbocycles. The highest BCUT2D eigenvalue weighted by molar-refractivity contribution is 5.93. The van der Waals surface area contributed by atoms with Crippen LogP contribution in [-0.2, 0) is 0 Å². The zero-order chi connectivity index (χ0) is 14.5. The summed E-state index contributed by atoms with van der Waals surface area (Å²) < 4.78 is 0. The smallest absolute Gasteiger partial charge is 0.270 e. The van der Waals surface area contributed by atoms with Gasteiger partial charge >= 0.3 is 0 Å². The van der Waals surface area contributed by atoms with Crippen molar-refractivity contribution in [1.82, 2.24) is 10.3 Å². The van der Waals surface area contributed by atoms with Crippen LogP contribution in [0.15, 0.2) is 18.3 Å². The molecular weight excluding hydrogens is 250 g/mol. The third-order valence-corrected chi connectivity index (χ3v) is 4.11. The van der Waals surface area contributed by atoms with Crippen molar-refractivity contribution < 1.29 is 4.79 Å². The lowest BCUT2D eigenvalue weighted by molar-refractivity contribution is 0.0934. The summed E-state index contributed by atoms with van der Waals surface area (Å²) in [6.45, 7) is 8.50. The molecule has 4 nitrogen and oxygen atoms in total. The van der Waals surface area contributed by atoms with E-state index in [0.717, 1.165) is 31.1 Å². The molecule has 0 radical (unpaired) electrons. The average molecular weight is 275 g/mol. The quantitative estimate of drug-likeness (QED) is 0.919. The van der Waals surface area contributed by atoms with Crippen LogP contribution in [-0.4, -0.2) is 30.0 Å². The van der Waals surface area contributed by atoms with Gasteiger partial charge in [0.1, 0.15) is 5.69 Å². The second-order valence-corrected chi connectivity index (χ2v) is 5.85. The van der Waals surface area contributed by atoms with E-state index in [1.807, 2.05) is 19.1 Å². The van der Waals surface area contributed by atoms with E-state index in [0.29, 0.717) is 5.69 Å². The van der Waals surface area contributed by atoms with Gasteiger partial charge in [0.25, 0.3) is 5.91 Å². The minimum Gasteiger partial charge on any atom is -0.371 e. The number of hydrogen-bond donors (Lipinski definition) is 1. The predicted molar refractivity (Wildman–Crippen MR) is 82.1 cm³/mol. The molecule has 1 aliphatic rings. The van der Waals surface area contributed by atoms with Gasteiger partial charge in [0.15, 0.2) is 0 Å². The lowest BCUT2D eigenvalue weighted by atomic mass is 9.99. The summed E-state index contributed by atoms with van der Waals surface area (Å²) in [5.74, 6) is 0.729. The number of anilines is 1. The summed E-state index contributed by atoms with van der Waals surface area (Å²) in [5, 5.41) is 2.96. The lowest BCUT2D eigenvalue weighted by Crippen LogP contribution is -2.34. The fourth-order valence-electron chi connectivity index (χ4n) is 2.41. The van der Waals surface area contributed by atoms with Crippen molar-refractivity contribution in [2.24, 2.45) is 5.92 Å².